The van der Waals surface area contributed by atoms with Crippen LogP contribution in [0.15, 0.2) is 18.2 Å². The Hall–Kier alpha value is -1.80. The summed E-state index contributed by atoms with van der Waals surface area (Å²) in [5.41, 5.74) is 5.05. The molecular formula is C18H28F2N2O3Si. The summed E-state index contributed by atoms with van der Waals surface area (Å²) in [4.78, 5) is 23.4. The maximum atomic E-state index is 13.5. The van der Waals surface area contributed by atoms with Crippen molar-refractivity contribution in [3.05, 3.63) is 35.4 Å². The maximum absolute atomic E-state index is 13.5. The van der Waals surface area contributed by atoms with Gasteiger partial charge in [-0.2, -0.15) is 0 Å². The first-order chi connectivity index (χ1) is 11.8. The molecule has 0 saturated carbocycles. The lowest BCUT2D eigenvalue weighted by atomic mass is 9.99. The Bertz CT molecular complexity index is 660. The van der Waals surface area contributed by atoms with Gasteiger partial charge in [0.2, 0.25) is 11.8 Å². The van der Waals surface area contributed by atoms with Crippen LogP contribution in [0.1, 0.15) is 33.3 Å². The fourth-order valence-electron chi connectivity index (χ4n) is 1.96. The van der Waals surface area contributed by atoms with Gasteiger partial charge in [0.05, 0.1) is 5.92 Å². The molecule has 0 radical (unpaired) electrons. The van der Waals surface area contributed by atoms with Crippen molar-refractivity contribution in [2.45, 2.75) is 52.2 Å². The average Bonchev–Trinajstić information content (AvgIpc) is 2.51. The summed E-state index contributed by atoms with van der Waals surface area (Å²) in [6, 6.07) is 3.53. The SMILES string of the molecule is CC(=O)NNC(=O)C(CO[Si](C)(C)C(C)(C)C)Cc1ccc(F)c(F)c1. The van der Waals surface area contributed by atoms with Crippen LogP contribution in [0.2, 0.25) is 18.1 Å². The van der Waals surface area contributed by atoms with Gasteiger partial charge in [-0.25, -0.2) is 8.78 Å². The van der Waals surface area contributed by atoms with Crippen LogP contribution < -0.4 is 10.9 Å². The highest BCUT2D eigenvalue weighted by molar-refractivity contribution is 6.74. The molecule has 0 bridgehead atoms. The van der Waals surface area contributed by atoms with E-state index in [1.54, 1.807) is 0 Å². The lowest BCUT2D eigenvalue weighted by molar-refractivity contribution is -0.131. The Morgan fingerprint density at radius 1 is 1.15 bits per heavy atom. The van der Waals surface area contributed by atoms with E-state index < -0.39 is 37.7 Å². The maximum Gasteiger partial charge on any atom is 0.244 e. The zero-order valence-electron chi connectivity index (χ0n) is 16.2. The fourth-order valence-corrected chi connectivity index (χ4v) is 3.01. The number of nitrogens with one attached hydrogen (secondary N) is 2. The van der Waals surface area contributed by atoms with E-state index >= 15 is 0 Å². The van der Waals surface area contributed by atoms with E-state index in [2.05, 4.69) is 44.7 Å². The number of amides is 2. The lowest BCUT2D eigenvalue weighted by Crippen LogP contribution is -2.47. The molecule has 1 unspecified atom stereocenters. The molecule has 1 aromatic carbocycles. The average molecular weight is 387 g/mol. The first-order valence-electron chi connectivity index (χ1n) is 8.48. The van der Waals surface area contributed by atoms with E-state index in [1.807, 2.05) is 0 Å². The van der Waals surface area contributed by atoms with Crippen LogP contribution >= 0.6 is 0 Å². The number of hydrazine groups is 1. The summed E-state index contributed by atoms with van der Waals surface area (Å²) in [6.45, 7) is 11.8. The third kappa shape index (κ3) is 6.49. The second-order valence-corrected chi connectivity index (χ2v) is 12.7. The van der Waals surface area contributed by atoms with Gasteiger partial charge in [-0.15, -0.1) is 0 Å². The number of hydrogen-bond donors (Lipinski definition) is 2. The summed E-state index contributed by atoms with van der Waals surface area (Å²) in [6.07, 6.45) is 0.164. The summed E-state index contributed by atoms with van der Waals surface area (Å²) < 4.78 is 32.7. The second kappa shape index (κ2) is 8.72. The Morgan fingerprint density at radius 2 is 1.77 bits per heavy atom. The largest absolute Gasteiger partial charge is 0.416 e. The van der Waals surface area contributed by atoms with E-state index in [0.29, 0.717) is 5.56 Å². The minimum atomic E-state index is -2.10. The smallest absolute Gasteiger partial charge is 0.244 e. The van der Waals surface area contributed by atoms with Crippen LogP contribution in [0, 0.1) is 17.6 Å². The van der Waals surface area contributed by atoms with Crippen molar-refractivity contribution in [3.8, 4) is 0 Å². The van der Waals surface area contributed by atoms with Crippen molar-refractivity contribution in [1.82, 2.24) is 10.9 Å². The normalized spacial score (nSPS) is 13.2. The Morgan fingerprint density at radius 3 is 2.27 bits per heavy atom. The highest BCUT2D eigenvalue weighted by atomic mass is 28.4. The molecule has 0 aliphatic heterocycles. The first kappa shape index (κ1) is 22.2. The summed E-state index contributed by atoms with van der Waals surface area (Å²) in [5.74, 6) is -3.40. The predicted octanol–water partition coefficient (Wildman–Crippen LogP) is 3.31. The van der Waals surface area contributed by atoms with Gasteiger partial charge in [-0.05, 0) is 42.2 Å². The van der Waals surface area contributed by atoms with Gasteiger partial charge in [0, 0.05) is 13.5 Å². The van der Waals surface area contributed by atoms with E-state index in [0.717, 1.165) is 12.1 Å². The number of hydrogen-bond acceptors (Lipinski definition) is 3. The molecule has 2 amide bonds. The zero-order valence-corrected chi connectivity index (χ0v) is 17.2. The van der Waals surface area contributed by atoms with E-state index in [9.17, 15) is 18.4 Å². The molecule has 1 atom stereocenters. The molecule has 0 fully saturated rings. The van der Waals surface area contributed by atoms with Crippen molar-refractivity contribution in [2.75, 3.05) is 6.61 Å². The highest BCUT2D eigenvalue weighted by Crippen LogP contribution is 2.36. The van der Waals surface area contributed by atoms with E-state index in [1.165, 1.54) is 13.0 Å². The number of carbonyl (C=O) groups is 2. The third-order valence-electron chi connectivity index (χ3n) is 4.65. The molecule has 5 nitrogen and oxygen atoms in total. The molecule has 1 rings (SSSR count). The summed E-state index contributed by atoms with van der Waals surface area (Å²) >= 11 is 0. The van der Waals surface area contributed by atoms with Crippen molar-refractivity contribution in [3.63, 3.8) is 0 Å². The number of halogens is 2. The zero-order chi connectivity index (χ0) is 20.1. The lowest BCUT2D eigenvalue weighted by Gasteiger charge is -2.37. The molecule has 0 aliphatic carbocycles. The third-order valence-corrected chi connectivity index (χ3v) is 9.15. The monoisotopic (exact) mass is 386 g/mol. The quantitative estimate of drug-likeness (QED) is 0.582. The Kier molecular flexibility index (Phi) is 7.46. The molecule has 26 heavy (non-hydrogen) atoms. The van der Waals surface area contributed by atoms with Gasteiger partial charge >= 0.3 is 0 Å². The van der Waals surface area contributed by atoms with Gasteiger partial charge in [0.25, 0.3) is 0 Å². The minimum absolute atomic E-state index is 0.0341. The first-order valence-corrected chi connectivity index (χ1v) is 11.4. The van der Waals surface area contributed by atoms with Gasteiger partial charge in [0.1, 0.15) is 0 Å². The number of benzene rings is 1. The topological polar surface area (TPSA) is 67.4 Å². The van der Waals surface area contributed by atoms with Crippen molar-refractivity contribution in [1.29, 1.82) is 0 Å². The van der Waals surface area contributed by atoms with Crippen LogP contribution in [-0.2, 0) is 20.4 Å². The van der Waals surface area contributed by atoms with Crippen LogP contribution in [0.4, 0.5) is 8.78 Å². The van der Waals surface area contributed by atoms with Gasteiger partial charge in [0.15, 0.2) is 20.0 Å². The molecule has 0 heterocycles. The molecule has 0 saturated heterocycles. The second-order valence-electron chi connectivity index (χ2n) is 7.89. The highest BCUT2D eigenvalue weighted by Gasteiger charge is 2.38. The summed E-state index contributed by atoms with van der Waals surface area (Å²) in [5, 5.41) is -0.0341. The van der Waals surface area contributed by atoms with E-state index in [-0.39, 0.29) is 18.1 Å². The van der Waals surface area contributed by atoms with Gasteiger partial charge in [-0.1, -0.05) is 26.8 Å². The number of carbonyl (C=O) groups excluding carboxylic acids is 2. The molecular weight excluding hydrogens is 358 g/mol. The van der Waals surface area contributed by atoms with Gasteiger partial charge < -0.3 is 4.43 Å². The molecule has 1 aromatic rings. The number of rotatable bonds is 6. The van der Waals surface area contributed by atoms with Crippen molar-refractivity contribution >= 4 is 20.1 Å². The summed E-state index contributed by atoms with van der Waals surface area (Å²) in [7, 11) is -2.10. The molecule has 146 valence electrons. The fraction of sp³-hybridized carbons (Fsp3) is 0.556. The molecule has 0 spiro atoms. The predicted molar refractivity (Wildman–Crippen MR) is 98.7 cm³/mol. The Labute approximate surface area is 154 Å². The van der Waals surface area contributed by atoms with Crippen LogP contribution in [0.5, 0.6) is 0 Å². The molecule has 0 aromatic heterocycles. The minimum Gasteiger partial charge on any atom is -0.416 e. The molecule has 8 heteroatoms. The van der Waals surface area contributed by atoms with Crippen molar-refractivity contribution < 1.29 is 22.8 Å². The standard InChI is InChI=1S/C18H28F2N2O3Si/c1-12(23)21-22-17(24)14(11-25-26(5,6)18(2,3)4)9-13-7-8-15(19)16(20)10-13/h7-8,10,14H,9,11H2,1-6H3,(H,21,23)(H,22,24). The van der Waals surface area contributed by atoms with Crippen molar-refractivity contribution in [2.24, 2.45) is 5.92 Å². The van der Waals surface area contributed by atoms with Crippen LogP contribution in [0.25, 0.3) is 0 Å². The van der Waals surface area contributed by atoms with Crippen LogP contribution in [0.3, 0.4) is 0 Å². The molecule has 0 aliphatic rings. The van der Waals surface area contributed by atoms with Gasteiger partial charge in [-0.3, -0.25) is 20.4 Å². The molecule has 2 N–H and O–H groups in total. The Balaban J connectivity index is 2.92. The van der Waals surface area contributed by atoms with E-state index in [4.69, 9.17) is 4.43 Å². The van der Waals surface area contributed by atoms with Crippen LogP contribution in [-0.4, -0.2) is 26.7 Å².